The van der Waals surface area contributed by atoms with Gasteiger partial charge in [0, 0.05) is 19.2 Å². The number of nitrogens with two attached hydrogens (primary N) is 1. The Morgan fingerprint density at radius 3 is 3.00 bits per heavy atom. The fraction of sp³-hybridized carbons (Fsp3) is 0.600. The molecule has 0 fully saturated rings. The first kappa shape index (κ1) is 10.0. The zero-order chi connectivity index (χ0) is 11.0. The molecule has 15 heavy (non-hydrogen) atoms. The van der Waals surface area contributed by atoms with Gasteiger partial charge < -0.3 is 5.73 Å². The molecule has 0 radical (unpaired) electrons. The molecule has 0 atom stereocenters. The summed E-state index contributed by atoms with van der Waals surface area (Å²) in [7, 11) is 0. The number of carbonyl (C=O) groups excluding carboxylic acids is 1. The molecule has 0 aromatic rings. The van der Waals surface area contributed by atoms with Crippen LogP contribution in [0.2, 0.25) is 0 Å². The third kappa shape index (κ3) is 1.69. The van der Waals surface area contributed by atoms with Crippen LogP contribution in [0.1, 0.15) is 13.8 Å². The normalized spacial score (nSPS) is 20.6. The quantitative estimate of drug-likeness (QED) is 0.692. The molecule has 0 saturated heterocycles. The Labute approximate surface area is 89.2 Å². The second kappa shape index (κ2) is 3.56. The molecule has 0 bridgehead atoms. The molecule has 0 aliphatic carbocycles. The Hall–Kier alpha value is -1.52. The van der Waals surface area contributed by atoms with E-state index in [-0.39, 0.29) is 5.91 Å². The molecule has 2 aliphatic rings. The van der Waals surface area contributed by atoms with E-state index < -0.39 is 0 Å². The van der Waals surface area contributed by atoms with Crippen molar-refractivity contribution in [3.05, 3.63) is 11.9 Å². The predicted molar refractivity (Wildman–Crippen MR) is 57.8 cm³/mol. The van der Waals surface area contributed by atoms with Crippen LogP contribution in [0.15, 0.2) is 16.9 Å². The monoisotopic (exact) mass is 208 g/mol. The first-order chi connectivity index (χ1) is 7.09. The van der Waals surface area contributed by atoms with Crippen molar-refractivity contribution in [2.45, 2.75) is 13.8 Å². The number of hydrogen-bond acceptors (Lipinski definition) is 4. The summed E-state index contributed by atoms with van der Waals surface area (Å²) in [6.07, 6.45) is 1.48. The van der Waals surface area contributed by atoms with Crippen LogP contribution >= 0.6 is 0 Å². The lowest BCUT2D eigenvalue weighted by atomic mass is 10.2. The van der Waals surface area contributed by atoms with Gasteiger partial charge in [-0.1, -0.05) is 13.8 Å². The highest BCUT2D eigenvalue weighted by atomic mass is 16.2. The van der Waals surface area contributed by atoms with Gasteiger partial charge in [-0.3, -0.25) is 19.6 Å². The highest BCUT2D eigenvalue weighted by Gasteiger charge is 2.32. The Kier molecular flexibility index (Phi) is 2.38. The summed E-state index contributed by atoms with van der Waals surface area (Å²) in [4.78, 5) is 19.5. The zero-order valence-electron chi connectivity index (χ0n) is 9.10. The molecule has 2 heterocycles. The Bertz CT molecular complexity index is 345. The summed E-state index contributed by atoms with van der Waals surface area (Å²) in [6, 6.07) is 0. The molecular formula is C10H16N4O. The van der Waals surface area contributed by atoms with Gasteiger partial charge in [-0.05, 0) is 5.92 Å². The largest absolute Gasteiger partial charge is 0.385 e. The molecular weight excluding hydrogens is 192 g/mol. The number of fused-ring (bicyclic) bond motifs is 1. The highest BCUT2D eigenvalue weighted by Crippen LogP contribution is 2.17. The number of rotatable bonds is 2. The van der Waals surface area contributed by atoms with Gasteiger partial charge in [0.15, 0.2) is 0 Å². The van der Waals surface area contributed by atoms with Crippen LogP contribution in [-0.4, -0.2) is 41.3 Å². The topological polar surface area (TPSA) is 61.9 Å². The van der Waals surface area contributed by atoms with Crippen molar-refractivity contribution in [2.24, 2.45) is 16.6 Å². The lowest BCUT2D eigenvalue weighted by Crippen LogP contribution is -2.50. The molecule has 0 saturated carbocycles. The van der Waals surface area contributed by atoms with Gasteiger partial charge in [-0.15, -0.1) is 0 Å². The van der Waals surface area contributed by atoms with Crippen LogP contribution in [0.4, 0.5) is 0 Å². The summed E-state index contributed by atoms with van der Waals surface area (Å²) in [6.45, 7) is 6.38. The predicted octanol–water partition coefficient (Wildman–Crippen LogP) is -0.0437. The van der Waals surface area contributed by atoms with E-state index in [4.69, 9.17) is 5.73 Å². The van der Waals surface area contributed by atoms with Crippen LogP contribution in [0, 0.1) is 5.92 Å². The van der Waals surface area contributed by atoms with Crippen molar-refractivity contribution in [3.63, 3.8) is 0 Å². The smallest absolute Gasteiger partial charge is 0.256 e. The summed E-state index contributed by atoms with van der Waals surface area (Å²) in [5, 5.41) is 0. The molecule has 0 spiro atoms. The summed E-state index contributed by atoms with van der Waals surface area (Å²) < 4.78 is 0. The standard InChI is InChI=1S/C10H16N4O/c1-7(2)6-14-8(11)5-9(15)13-4-3-12-10(13)14/h5,7H,3-4,6,11H2,1-2H3. The molecule has 0 unspecified atom stereocenters. The average molecular weight is 208 g/mol. The molecule has 5 heteroatoms. The van der Waals surface area contributed by atoms with Crippen LogP contribution in [0.25, 0.3) is 0 Å². The highest BCUT2D eigenvalue weighted by molar-refractivity contribution is 6.06. The Morgan fingerprint density at radius 2 is 2.33 bits per heavy atom. The first-order valence-electron chi connectivity index (χ1n) is 5.20. The van der Waals surface area contributed by atoms with Crippen LogP contribution in [0.5, 0.6) is 0 Å². The minimum Gasteiger partial charge on any atom is -0.385 e. The van der Waals surface area contributed by atoms with E-state index in [1.165, 1.54) is 6.08 Å². The van der Waals surface area contributed by atoms with Gasteiger partial charge in [0.05, 0.1) is 6.54 Å². The second-order valence-electron chi connectivity index (χ2n) is 4.25. The van der Waals surface area contributed by atoms with Crippen molar-refractivity contribution in [2.75, 3.05) is 19.6 Å². The molecule has 0 aromatic heterocycles. The third-order valence-corrected chi connectivity index (χ3v) is 2.46. The van der Waals surface area contributed by atoms with E-state index in [1.807, 2.05) is 4.90 Å². The summed E-state index contributed by atoms with van der Waals surface area (Å²) >= 11 is 0. The number of hydrogen-bond donors (Lipinski definition) is 1. The van der Waals surface area contributed by atoms with E-state index in [0.29, 0.717) is 30.8 Å². The Balaban J connectivity index is 2.28. The number of amides is 1. The zero-order valence-corrected chi connectivity index (χ0v) is 9.10. The maximum atomic E-state index is 11.6. The minimum absolute atomic E-state index is 0.0521. The van der Waals surface area contributed by atoms with E-state index in [9.17, 15) is 4.79 Å². The minimum atomic E-state index is -0.0521. The van der Waals surface area contributed by atoms with Gasteiger partial charge in [0.1, 0.15) is 5.82 Å². The van der Waals surface area contributed by atoms with Crippen molar-refractivity contribution < 1.29 is 4.79 Å². The molecule has 2 aliphatic heterocycles. The maximum absolute atomic E-state index is 11.6. The molecule has 5 nitrogen and oxygen atoms in total. The first-order valence-corrected chi connectivity index (χ1v) is 5.20. The van der Waals surface area contributed by atoms with Crippen molar-refractivity contribution in [1.29, 1.82) is 0 Å². The SMILES string of the molecule is CC(C)CN1C(N)=CC(=O)N2CCN=C21. The van der Waals surface area contributed by atoms with Gasteiger partial charge in [0.25, 0.3) is 5.91 Å². The summed E-state index contributed by atoms with van der Waals surface area (Å²) in [5.74, 6) is 1.65. The number of carbonyl (C=O) groups is 1. The third-order valence-electron chi connectivity index (χ3n) is 2.46. The van der Waals surface area contributed by atoms with Crippen molar-refractivity contribution >= 4 is 11.9 Å². The van der Waals surface area contributed by atoms with Gasteiger partial charge in [-0.2, -0.15) is 0 Å². The second-order valence-corrected chi connectivity index (χ2v) is 4.25. The van der Waals surface area contributed by atoms with E-state index in [1.54, 1.807) is 4.90 Å². The van der Waals surface area contributed by atoms with E-state index >= 15 is 0 Å². The number of aliphatic imine (C=N–C) groups is 1. The Morgan fingerprint density at radius 1 is 1.60 bits per heavy atom. The van der Waals surface area contributed by atoms with Crippen LogP contribution < -0.4 is 5.73 Å². The number of nitrogens with zero attached hydrogens (tertiary/aromatic N) is 3. The molecule has 82 valence electrons. The van der Waals surface area contributed by atoms with Crippen LogP contribution in [-0.2, 0) is 4.79 Å². The molecule has 2 rings (SSSR count). The van der Waals surface area contributed by atoms with Crippen molar-refractivity contribution in [1.82, 2.24) is 9.80 Å². The number of guanidine groups is 1. The summed E-state index contributed by atoms with van der Waals surface area (Å²) in [5.41, 5.74) is 5.83. The fourth-order valence-electron chi connectivity index (χ4n) is 1.83. The fourth-order valence-corrected chi connectivity index (χ4v) is 1.83. The molecule has 2 N–H and O–H groups in total. The maximum Gasteiger partial charge on any atom is 0.256 e. The molecule has 1 amide bonds. The van der Waals surface area contributed by atoms with E-state index in [0.717, 1.165) is 6.54 Å². The van der Waals surface area contributed by atoms with Gasteiger partial charge in [0.2, 0.25) is 5.96 Å². The lowest BCUT2D eigenvalue weighted by Gasteiger charge is -2.34. The average Bonchev–Trinajstić information content (AvgIpc) is 2.60. The molecule has 0 aromatic carbocycles. The van der Waals surface area contributed by atoms with Gasteiger partial charge in [-0.25, -0.2) is 0 Å². The lowest BCUT2D eigenvalue weighted by molar-refractivity contribution is -0.123. The van der Waals surface area contributed by atoms with Gasteiger partial charge >= 0.3 is 0 Å². The van der Waals surface area contributed by atoms with Crippen LogP contribution in [0.3, 0.4) is 0 Å². The van der Waals surface area contributed by atoms with E-state index in [2.05, 4.69) is 18.8 Å². The van der Waals surface area contributed by atoms with Crippen molar-refractivity contribution in [3.8, 4) is 0 Å².